The van der Waals surface area contributed by atoms with Gasteiger partial charge in [-0.25, -0.2) is 0 Å². The summed E-state index contributed by atoms with van der Waals surface area (Å²) in [6, 6.07) is 7.61. The van der Waals surface area contributed by atoms with Gasteiger partial charge in [-0.3, -0.25) is 9.59 Å². The summed E-state index contributed by atoms with van der Waals surface area (Å²) in [5.41, 5.74) is 0.853. The molecule has 0 saturated heterocycles. The lowest BCUT2D eigenvalue weighted by Gasteiger charge is -2.29. The van der Waals surface area contributed by atoms with Crippen LogP contribution in [0.25, 0.3) is 0 Å². The monoisotopic (exact) mass is 274 g/mol. The Morgan fingerprint density at radius 1 is 1.47 bits per heavy atom. The maximum Gasteiger partial charge on any atom is 0.265 e. The number of fused-ring (bicyclic) bond motifs is 1. The van der Waals surface area contributed by atoms with Crippen molar-refractivity contribution < 1.29 is 9.59 Å². The van der Waals surface area contributed by atoms with Crippen LogP contribution >= 0.6 is 11.8 Å². The van der Waals surface area contributed by atoms with Crippen LogP contribution < -0.4 is 10.2 Å². The smallest absolute Gasteiger partial charge is 0.265 e. The van der Waals surface area contributed by atoms with Crippen LogP contribution in [0.5, 0.6) is 0 Å². The van der Waals surface area contributed by atoms with Gasteiger partial charge in [0.05, 0.1) is 10.6 Å². The molecular formula is C14H14N2O2S. The second-order valence-corrected chi connectivity index (χ2v) is 4.98. The Hall–Kier alpha value is -2.01. The van der Waals surface area contributed by atoms with E-state index in [1.165, 1.54) is 24.9 Å². The van der Waals surface area contributed by atoms with E-state index in [1.54, 1.807) is 11.0 Å². The third-order valence-electron chi connectivity index (χ3n) is 2.65. The van der Waals surface area contributed by atoms with Gasteiger partial charge in [0.2, 0.25) is 5.91 Å². The topological polar surface area (TPSA) is 49.4 Å². The number of hydrogen-bond acceptors (Lipinski definition) is 3. The van der Waals surface area contributed by atoms with Gasteiger partial charge in [-0.1, -0.05) is 30.0 Å². The minimum absolute atomic E-state index is 0.174. The summed E-state index contributed by atoms with van der Waals surface area (Å²) in [6.07, 6.45) is 3.00. The van der Waals surface area contributed by atoms with Gasteiger partial charge in [-0.05, 0) is 12.1 Å². The summed E-state index contributed by atoms with van der Waals surface area (Å²) >= 11 is 1.31. The first kappa shape index (κ1) is 13.4. The molecule has 0 bridgehead atoms. The van der Waals surface area contributed by atoms with E-state index in [1.807, 2.05) is 24.3 Å². The number of para-hydroxylation sites is 1. The molecule has 1 aromatic carbocycles. The average molecular weight is 274 g/mol. The van der Waals surface area contributed by atoms with E-state index >= 15 is 0 Å². The number of carbonyl (C=O) groups excluding carboxylic acids is 2. The van der Waals surface area contributed by atoms with Gasteiger partial charge in [0.25, 0.3) is 5.91 Å². The lowest BCUT2D eigenvalue weighted by Crippen LogP contribution is -2.35. The first-order valence-electron chi connectivity index (χ1n) is 5.80. The molecule has 98 valence electrons. The molecule has 0 aliphatic carbocycles. The molecule has 2 amide bonds. The molecule has 5 heteroatoms. The van der Waals surface area contributed by atoms with Crippen LogP contribution in [0.2, 0.25) is 0 Å². The SMILES string of the molecule is C=CCN1C(=O)/C(=C\C(=O)NC)Sc2ccccc21. The highest BCUT2D eigenvalue weighted by Gasteiger charge is 2.28. The zero-order chi connectivity index (χ0) is 13.8. The Morgan fingerprint density at radius 2 is 2.21 bits per heavy atom. The Bertz CT molecular complexity index is 566. The molecule has 1 aliphatic rings. The molecule has 0 saturated carbocycles. The average Bonchev–Trinajstić information content (AvgIpc) is 2.43. The third kappa shape index (κ3) is 2.71. The second kappa shape index (κ2) is 5.75. The molecule has 1 aromatic rings. The standard InChI is InChI=1S/C14H14N2O2S/c1-3-8-16-10-6-4-5-7-11(10)19-12(14(16)18)9-13(17)15-2/h3-7,9H,1,8H2,2H3,(H,15,17)/b12-9+. The van der Waals surface area contributed by atoms with Crippen molar-refractivity contribution >= 4 is 29.3 Å². The lowest BCUT2D eigenvalue weighted by molar-refractivity contribution is -0.117. The summed E-state index contributed by atoms with van der Waals surface area (Å²) in [7, 11) is 1.53. The summed E-state index contributed by atoms with van der Waals surface area (Å²) in [5.74, 6) is -0.457. The molecule has 1 heterocycles. The van der Waals surface area contributed by atoms with Crippen molar-refractivity contribution in [2.45, 2.75) is 4.90 Å². The number of thioether (sulfide) groups is 1. The Morgan fingerprint density at radius 3 is 2.89 bits per heavy atom. The van der Waals surface area contributed by atoms with Crippen molar-refractivity contribution in [1.29, 1.82) is 0 Å². The molecular weight excluding hydrogens is 260 g/mol. The number of nitrogens with one attached hydrogen (secondary N) is 1. The molecule has 0 radical (unpaired) electrons. The van der Waals surface area contributed by atoms with Crippen molar-refractivity contribution in [2.24, 2.45) is 0 Å². The maximum atomic E-state index is 12.3. The van der Waals surface area contributed by atoms with E-state index in [9.17, 15) is 9.59 Å². The van der Waals surface area contributed by atoms with Gasteiger partial charge in [0.15, 0.2) is 0 Å². The summed E-state index contributed by atoms with van der Waals surface area (Å²) < 4.78 is 0. The normalized spacial score (nSPS) is 16.2. The van der Waals surface area contributed by atoms with Crippen LogP contribution in [0.15, 0.2) is 52.8 Å². The quantitative estimate of drug-likeness (QED) is 0.677. The summed E-state index contributed by atoms with van der Waals surface area (Å²) in [5, 5.41) is 2.48. The molecule has 0 atom stereocenters. The summed E-state index contributed by atoms with van der Waals surface area (Å²) in [6.45, 7) is 4.08. The van der Waals surface area contributed by atoms with Crippen LogP contribution in [-0.2, 0) is 9.59 Å². The Balaban J connectivity index is 2.44. The highest BCUT2D eigenvalue weighted by atomic mass is 32.2. The van der Waals surface area contributed by atoms with E-state index in [2.05, 4.69) is 11.9 Å². The molecule has 4 nitrogen and oxygen atoms in total. The van der Waals surface area contributed by atoms with Crippen molar-refractivity contribution in [3.63, 3.8) is 0 Å². The molecule has 19 heavy (non-hydrogen) atoms. The van der Waals surface area contributed by atoms with E-state index in [-0.39, 0.29) is 11.8 Å². The molecule has 0 unspecified atom stereocenters. The zero-order valence-electron chi connectivity index (χ0n) is 10.6. The Labute approximate surface area is 116 Å². The first-order valence-corrected chi connectivity index (χ1v) is 6.62. The summed E-state index contributed by atoms with van der Waals surface area (Å²) in [4.78, 5) is 26.7. The van der Waals surface area contributed by atoms with Crippen molar-refractivity contribution in [2.75, 3.05) is 18.5 Å². The number of benzene rings is 1. The van der Waals surface area contributed by atoms with Crippen LogP contribution in [-0.4, -0.2) is 25.4 Å². The van der Waals surface area contributed by atoms with Crippen molar-refractivity contribution in [1.82, 2.24) is 5.32 Å². The lowest BCUT2D eigenvalue weighted by atomic mass is 10.2. The second-order valence-electron chi connectivity index (χ2n) is 3.90. The van der Waals surface area contributed by atoms with E-state index < -0.39 is 0 Å². The van der Waals surface area contributed by atoms with E-state index in [0.717, 1.165) is 10.6 Å². The van der Waals surface area contributed by atoms with Crippen LogP contribution in [0, 0.1) is 0 Å². The fraction of sp³-hybridized carbons (Fsp3) is 0.143. The van der Waals surface area contributed by atoms with Gasteiger partial charge < -0.3 is 10.2 Å². The predicted molar refractivity (Wildman–Crippen MR) is 77.0 cm³/mol. The zero-order valence-corrected chi connectivity index (χ0v) is 11.4. The molecule has 1 N–H and O–H groups in total. The number of nitrogens with zero attached hydrogens (tertiary/aromatic N) is 1. The number of amides is 2. The molecule has 2 rings (SSSR count). The molecule has 0 aromatic heterocycles. The van der Waals surface area contributed by atoms with Crippen LogP contribution in [0.3, 0.4) is 0 Å². The minimum Gasteiger partial charge on any atom is -0.356 e. The van der Waals surface area contributed by atoms with Gasteiger partial charge >= 0.3 is 0 Å². The number of carbonyl (C=O) groups is 2. The fourth-order valence-electron chi connectivity index (χ4n) is 1.76. The number of anilines is 1. The van der Waals surface area contributed by atoms with Gasteiger partial charge in [-0.15, -0.1) is 6.58 Å². The highest BCUT2D eigenvalue weighted by Crippen LogP contribution is 2.40. The number of likely N-dealkylation sites (N-methyl/N-ethyl adjacent to an activating group) is 1. The van der Waals surface area contributed by atoms with E-state index in [0.29, 0.717) is 11.4 Å². The molecule has 0 spiro atoms. The van der Waals surface area contributed by atoms with Gasteiger partial charge in [-0.2, -0.15) is 0 Å². The minimum atomic E-state index is -0.284. The first-order chi connectivity index (χ1) is 9.17. The Kier molecular flexibility index (Phi) is 4.06. The van der Waals surface area contributed by atoms with E-state index in [4.69, 9.17) is 0 Å². The van der Waals surface area contributed by atoms with Crippen LogP contribution in [0.4, 0.5) is 5.69 Å². The van der Waals surface area contributed by atoms with Crippen molar-refractivity contribution in [3.8, 4) is 0 Å². The predicted octanol–water partition coefficient (Wildman–Crippen LogP) is 1.94. The number of hydrogen-bond donors (Lipinski definition) is 1. The van der Waals surface area contributed by atoms with Crippen molar-refractivity contribution in [3.05, 3.63) is 47.9 Å². The number of rotatable bonds is 3. The molecule has 1 aliphatic heterocycles. The third-order valence-corrected chi connectivity index (χ3v) is 3.73. The fourth-order valence-corrected chi connectivity index (χ4v) is 2.79. The highest BCUT2D eigenvalue weighted by molar-refractivity contribution is 8.04. The maximum absolute atomic E-state index is 12.3. The largest absolute Gasteiger partial charge is 0.356 e. The molecule has 0 fully saturated rings. The van der Waals surface area contributed by atoms with Crippen LogP contribution in [0.1, 0.15) is 0 Å². The van der Waals surface area contributed by atoms with Gasteiger partial charge in [0, 0.05) is 24.6 Å². The van der Waals surface area contributed by atoms with Gasteiger partial charge in [0.1, 0.15) is 0 Å².